The Balaban J connectivity index is 1.49. The van der Waals surface area contributed by atoms with E-state index in [0.29, 0.717) is 25.9 Å². The molecule has 33 heavy (non-hydrogen) atoms. The summed E-state index contributed by atoms with van der Waals surface area (Å²) in [7, 11) is 1.64. The Hall–Kier alpha value is -2.61. The van der Waals surface area contributed by atoms with Gasteiger partial charge in [0, 0.05) is 37.7 Å². The summed E-state index contributed by atoms with van der Waals surface area (Å²) in [6.07, 6.45) is 2.32. The third kappa shape index (κ3) is 5.00. The van der Waals surface area contributed by atoms with Crippen LogP contribution in [0.15, 0.2) is 29.3 Å². The zero-order valence-corrected chi connectivity index (χ0v) is 20.3. The topological polar surface area (TPSA) is 106 Å². The first-order valence-corrected chi connectivity index (χ1v) is 11.8. The van der Waals surface area contributed by atoms with Crippen LogP contribution in [0.2, 0.25) is 0 Å². The van der Waals surface area contributed by atoms with Crippen LogP contribution in [0.1, 0.15) is 65.0 Å². The fraction of sp³-hybridized carbons (Fsp3) is 0.640. The number of carbonyl (C=O) groups is 2. The van der Waals surface area contributed by atoms with E-state index in [1.807, 2.05) is 52.0 Å². The number of carbonyl (C=O) groups excluding carboxylic acids is 2. The van der Waals surface area contributed by atoms with Gasteiger partial charge in [-0.1, -0.05) is 18.2 Å². The number of amides is 2. The lowest BCUT2D eigenvalue weighted by atomic mass is 9.89. The molecule has 8 nitrogen and oxygen atoms in total. The van der Waals surface area contributed by atoms with Gasteiger partial charge in [0.15, 0.2) is 5.96 Å². The van der Waals surface area contributed by atoms with Crippen LogP contribution in [0.25, 0.3) is 0 Å². The highest BCUT2D eigenvalue weighted by atomic mass is 16.5. The SMILES string of the molecule is COCC[C@H]([C@H]1C[C@@H]1C(=O)NC1CC(C)(C)Oc2ccccc21)N1C(=O)CC(C)(C)N=C1N. The average molecular weight is 457 g/mol. The fourth-order valence-electron chi connectivity index (χ4n) is 5.27. The second kappa shape index (κ2) is 8.63. The summed E-state index contributed by atoms with van der Waals surface area (Å²) in [5.74, 6) is 0.890. The van der Waals surface area contributed by atoms with Crippen LogP contribution in [0.4, 0.5) is 0 Å². The minimum Gasteiger partial charge on any atom is -0.487 e. The van der Waals surface area contributed by atoms with Gasteiger partial charge in [-0.2, -0.15) is 0 Å². The van der Waals surface area contributed by atoms with Crippen molar-refractivity contribution in [3.63, 3.8) is 0 Å². The standard InChI is InChI=1S/C25H36N4O4/c1-24(2)14-21(30)29(23(26)28-24)19(10-11-32-5)16-12-17(16)22(31)27-18-13-25(3,4)33-20-9-7-6-8-15(18)20/h6-9,16-19H,10-14H2,1-5H3,(H2,26,28)(H,27,31)/t16-,17-,18?,19+/m0/s1. The maximum atomic E-state index is 13.3. The first kappa shape index (κ1) is 23.5. The number of rotatable bonds is 7. The molecule has 1 aliphatic carbocycles. The molecule has 1 unspecified atom stereocenters. The number of hydrogen-bond donors (Lipinski definition) is 2. The highest BCUT2D eigenvalue weighted by Gasteiger charge is 2.52. The Kier molecular flexibility index (Phi) is 6.16. The molecule has 1 aromatic rings. The summed E-state index contributed by atoms with van der Waals surface area (Å²) >= 11 is 0. The highest BCUT2D eigenvalue weighted by Crippen LogP contribution is 2.46. The van der Waals surface area contributed by atoms with Crippen LogP contribution in [0, 0.1) is 11.8 Å². The summed E-state index contributed by atoms with van der Waals surface area (Å²) in [4.78, 5) is 32.4. The van der Waals surface area contributed by atoms with Crippen LogP contribution in [-0.2, 0) is 14.3 Å². The van der Waals surface area contributed by atoms with E-state index in [-0.39, 0.29) is 47.3 Å². The predicted molar refractivity (Wildman–Crippen MR) is 126 cm³/mol. The van der Waals surface area contributed by atoms with Crippen LogP contribution in [-0.4, -0.2) is 53.6 Å². The van der Waals surface area contributed by atoms with Gasteiger partial charge in [0.25, 0.3) is 0 Å². The number of para-hydroxylation sites is 1. The molecule has 0 radical (unpaired) electrons. The number of guanidine groups is 1. The second-order valence-corrected chi connectivity index (χ2v) is 10.7. The van der Waals surface area contributed by atoms with Crippen molar-refractivity contribution in [2.75, 3.05) is 13.7 Å². The Labute approximate surface area is 195 Å². The molecular weight excluding hydrogens is 420 g/mol. The predicted octanol–water partition coefficient (Wildman–Crippen LogP) is 2.77. The Morgan fingerprint density at radius 2 is 2.06 bits per heavy atom. The maximum absolute atomic E-state index is 13.3. The molecule has 4 rings (SSSR count). The van der Waals surface area contributed by atoms with Gasteiger partial charge < -0.3 is 20.5 Å². The number of aliphatic imine (C=N–C) groups is 1. The summed E-state index contributed by atoms with van der Waals surface area (Å²) in [6, 6.07) is 7.55. The van der Waals surface area contributed by atoms with E-state index in [1.54, 1.807) is 12.0 Å². The van der Waals surface area contributed by atoms with Crippen molar-refractivity contribution in [2.24, 2.45) is 22.6 Å². The molecule has 1 aromatic carbocycles. The van der Waals surface area contributed by atoms with Crippen LogP contribution >= 0.6 is 0 Å². The van der Waals surface area contributed by atoms with Gasteiger partial charge in [-0.25, -0.2) is 4.99 Å². The Bertz CT molecular complexity index is 957. The van der Waals surface area contributed by atoms with Gasteiger partial charge in [0.05, 0.1) is 18.0 Å². The van der Waals surface area contributed by atoms with E-state index in [1.165, 1.54) is 0 Å². The van der Waals surface area contributed by atoms with Crippen molar-refractivity contribution in [2.45, 2.75) is 76.6 Å². The van der Waals surface area contributed by atoms with Crippen molar-refractivity contribution < 1.29 is 19.1 Å². The number of nitrogens with two attached hydrogens (primary N) is 1. The lowest BCUT2D eigenvalue weighted by Gasteiger charge is -2.38. The minimum absolute atomic E-state index is 0.0141. The van der Waals surface area contributed by atoms with E-state index in [4.69, 9.17) is 15.2 Å². The normalized spacial score (nSPS) is 28.3. The Morgan fingerprint density at radius 1 is 1.33 bits per heavy atom. The van der Waals surface area contributed by atoms with Crippen molar-refractivity contribution in [3.8, 4) is 5.75 Å². The fourth-order valence-corrected chi connectivity index (χ4v) is 5.27. The van der Waals surface area contributed by atoms with Crippen molar-refractivity contribution in [1.82, 2.24) is 10.2 Å². The smallest absolute Gasteiger partial charge is 0.231 e. The first-order chi connectivity index (χ1) is 15.5. The number of nitrogens with zero attached hydrogens (tertiary/aromatic N) is 2. The largest absolute Gasteiger partial charge is 0.487 e. The molecule has 4 atom stereocenters. The molecule has 2 aliphatic heterocycles. The molecule has 180 valence electrons. The number of nitrogens with one attached hydrogen (secondary N) is 1. The monoisotopic (exact) mass is 456 g/mol. The molecule has 1 saturated carbocycles. The zero-order chi connectivity index (χ0) is 24.0. The van der Waals surface area contributed by atoms with Crippen molar-refractivity contribution in [1.29, 1.82) is 0 Å². The van der Waals surface area contributed by atoms with Gasteiger partial charge in [-0.15, -0.1) is 0 Å². The van der Waals surface area contributed by atoms with E-state index < -0.39 is 5.54 Å². The van der Waals surface area contributed by atoms with E-state index in [0.717, 1.165) is 17.7 Å². The van der Waals surface area contributed by atoms with E-state index >= 15 is 0 Å². The summed E-state index contributed by atoms with van der Waals surface area (Å²) < 4.78 is 11.4. The van der Waals surface area contributed by atoms with Gasteiger partial charge in [0.2, 0.25) is 11.8 Å². The molecule has 0 bridgehead atoms. The van der Waals surface area contributed by atoms with Crippen LogP contribution < -0.4 is 15.8 Å². The lowest BCUT2D eigenvalue weighted by Crippen LogP contribution is -2.55. The molecule has 0 aromatic heterocycles. The number of ether oxygens (including phenoxy) is 2. The van der Waals surface area contributed by atoms with Gasteiger partial charge >= 0.3 is 0 Å². The molecule has 2 amide bonds. The molecule has 0 spiro atoms. The van der Waals surface area contributed by atoms with E-state index in [2.05, 4.69) is 10.3 Å². The molecule has 1 fully saturated rings. The minimum atomic E-state index is -0.507. The summed E-state index contributed by atoms with van der Waals surface area (Å²) in [6.45, 7) is 8.36. The summed E-state index contributed by atoms with van der Waals surface area (Å²) in [5.41, 5.74) is 6.37. The third-order valence-corrected chi connectivity index (χ3v) is 6.83. The molecule has 8 heteroatoms. The van der Waals surface area contributed by atoms with Crippen LogP contribution in [0.5, 0.6) is 5.75 Å². The molecule has 0 saturated heterocycles. The third-order valence-electron chi connectivity index (χ3n) is 6.83. The molecular formula is C25H36N4O4. The first-order valence-electron chi connectivity index (χ1n) is 11.8. The van der Waals surface area contributed by atoms with Gasteiger partial charge in [0.1, 0.15) is 11.4 Å². The zero-order valence-electron chi connectivity index (χ0n) is 20.3. The lowest BCUT2D eigenvalue weighted by molar-refractivity contribution is -0.132. The van der Waals surface area contributed by atoms with E-state index in [9.17, 15) is 9.59 Å². The number of benzene rings is 1. The van der Waals surface area contributed by atoms with Crippen molar-refractivity contribution in [3.05, 3.63) is 29.8 Å². The number of hydrogen-bond acceptors (Lipinski definition) is 6. The van der Waals surface area contributed by atoms with Gasteiger partial charge in [-0.3, -0.25) is 14.5 Å². The summed E-state index contributed by atoms with van der Waals surface area (Å²) in [5, 5.41) is 3.26. The molecule has 3 aliphatic rings. The average Bonchev–Trinajstić information content (AvgIpc) is 3.49. The second-order valence-electron chi connectivity index (χ2n) is 10.7. The van der Waals surface area contributed by atoms with Crippen LogP contribution in [0.3, 0.4) is 0 Å². The maximum Gasteiger partial charge on any atom is 0.231 e. The highest BCUT2D eigenvalue weighted by molar-refractivity contribution is 5.99. The quantitative estimate of drug-likeness (QED) is 0.656. The molecule has 2 heterocycles. The van der Waals surface area contributed by atoms with Crippen molar-refractivity contribution >= 4 is 17.8 Å². The number of fused-ring (bicyclic) bond motifs is 1. The van der Waals surface area contributed by atoms with Gasteiger partial charge in [-0.05, 0) is 52.5 Å². The molecule has 3 N–H and O–H groups in total. The Morgan fingerprint density at radius 3 is 2.76 bits per heavy atom. The number of methoxy groups -OCH3 is 1.